The topological polar surface area (TPSA) is 211 Å². The molecular formula is C35H45N7O9S. The Morgan fingerprint density at radius 1 is 1.12 bits per heavy atom. The maximum absolute atomic E-state index is 14.4. The molecule has 5 rings (SSSR count). The van der Waals surface area contributed by atoms with Gasteiger partial charge in [-0.2, -0.15) is 8.42 Å². The number of hydrogen-bond acceptors (Lipinski definition) is 11. The normalized spacial score (nSPS) is 22.2. The summed E-state index contributed by atoms with van der Waals surface area (Å²) in [6.07, 6.45) is 2.40. The number of fused-ring (bicyclic) bond motifs is 1. The summed E-state index contributed by atoms with van der Waals surface area (Å²) in [6, 6.07) is 5.94. The summed E-state index contributed by atoms with van der Waals surface area (Å²) in [5.74, 6) is -2.09. The quantitative estimate of drug-likeness (QED) is 0.210. The van der Waals surface area contributed by atoms with Crippen LogP contribution >= 0.6 is 0 Å². The molecule has 0 unspecified atom stereocenters. The number of methoxy groups -OCH3 is 1. The summed E-state index contributed by atoms with van der Waals surface area (Å²) in [5.41, 5.74) is -3.23. The number of imidazole rings is 1. The van der Waals surface area contributed by atoms with Gasteiger partial charge in [-0.05, 0) is 56.8 Å². The number of sulfonamides is 1. The number of aromatic amines is 1. The fraction of sp³-hybridized carbons (Fsp3) is 0.486. The number of likely N-dealkylation sites (tertiary alicyclic amines) is 1. The highest BCUT2D eigenvalue weighted by atomic mass is 32.2. The van der Waals surface area contributed by atoms with Crippen molar-refractivity contribution in [2.75, 3.05) is 13.7 Å². The van der Waals surface area contributed by atoms with Crippen LogP contribution in [0.15, 0.2) is 60.7 Å². The van der Waals surface area contributed by atoms with Gasteiger partial charge in [-0.3, -0.25) is 14.4 Å². The number of carbonyl (C=O) groups is 4. The van der Waals surface area contributed by atoms with Gasteiger partial charge in [-0.15, -0.1) is 6.58 Å². The summed E-state index contributed by atoms with van der Waals surface area (Å²) >= 11 is 0. The molecule has 1 aliphatic carbocycles. The molecule has 3 heterocycles. The summed E-state index contributed by atoms with van der Waals surface area (Å²) in [6.45, 7) is 14.1. The minimum Gasteiger partial charge on any atom is -0.497 e. The number of nitrogens with zero attached hydrogens (tertiary/aromatic N) is 3. The lowest BCUT2D eigenvalue weighted by Gasteiger charge is -2.35. The third kappa shape index (κ3) is 8.14. The van der Waals surface area contributed by atoms with Crippen LogP contribution in [-0.2, 0) is 29.1 Å². The van der Waals surface area contributed by atoms with Gasteiger partial charge in [-0.25, -0.2) is 19.5 Å². The molecule has 280 valence electrons. The molecule has 4 amide bonds. The minimum absolute atomic E-state index is 0.0289. The number of alkyl carbamates (subject to hydrolysis) is 1. The number of rotatable bonds is 11. The first kappa shape index (κ1) is 38.1. The monoisotopic (exact) mass is 739 g/mol. The predicted octanol–water partition coefficient (Wildman–Crippen LogP) is 2.82. The van der Waals surface area contributed by atoms with E-state index in [1.807, 2.05) is 10.8 Å². The molecule has 1 saturated heterocycles. The van der Waals surface area contributed by atoms with E-state index in [-0.39, 0.29) is 25.3 Å². The first-order valence-corrected chi connectivity index (χ1v) is 18.2. The average molecular weight is 740 g/mol. The lowest BCUT2D eigenvalue weighted by molar-refractivity contribution is -0.150. The van der Waals surface area contributed by atoms with Gasteiger partial charge in [0.1, 0.15) is 23.4 Å². The number of hydrogen-bond donors (Lipinski definition) is 4. The predicted molar refractivity (Wildman–Crippen MR) is 189 cm³/mol. The van der Waals surface area contributed by atoms with Crippen LogP contribution in [0.4, 0.5) is 4.79 Å². The first-order chi connectivity index (χ1) is 24.3. The number of aromatic nitrogens is 3. The standard InChI is InChI=1S/C35H45N7O9S/c1-9-21-16-35(21,31(45)41-52(47,48)26-17-36-19-38-26)39-28(43)25-15-23(50-29-24-11-10-22(49-8)14-20(24)12-13-37-29)18-42(25)30(44)27(33(2,3)4)51-32(46)40-34(5,6)7/h9-14,17,19,21,23,25,27H,1,15-16,18H2,2-8H3,(H,36,38)(H,39,43)(H,40,46)(H,41,45)/t21-,23-,25+,27-,35-/m1/s1. The van der Waals surface area contributed by atoms with E-state index in [2.05, 4.69) is 32.2 Å². The van der Waals surface area contributed by atoms with Crippen LogP contribution in [0.5, 0.6) is 11.6 Å². The minimum atomic E-state index is -4.37. The molecule has 1 saturated carbocycles. The van der Waals surface area contributed by atoms with Gasteiger partial charge in [0.2, 0.25) is 11.8 Å². The molecular weight excluding hydrogens is 694 g/mol. The molecule has 1 aliphatic heterocycles. The van der Waals surface area contributed by atoms with Gasteiger partial charge in [-0.1, -0.05) is 26.8 Å². The molecule has 17 heteroatoms. The Kier molecular flexibility index (Phi) is 10.3. The molecule has 52 heavy (non-hydrogen) atoms. The lowest BCUT2D eigenvalue weighted by atomic mass is 9.88. The van der Waals surface area contributed by atoms with Gasteiger partial charge in [0, 0.05) is 41.1 Å². The third-order valence-electron chi connectivity index (χ3n) is 8.80. The molecule has 2 fully saturated rings. The van der Waals surface area contributed by atoms with Crippen molar-refractivity contribution in [2.24, 2.45) is 11.3 Å². The fourth-order valence-corrected chi connectivity index (χ4v) is 7.01. The molecule has 0 radical (unpaired) electrons. The van der Waals surface area contributed by atoms with Crippen molar-refractivity contribution < 1.29 is 41.8 Å². The SMILES string of the molecule is C=C[C@@H]1C[C@]1(NC(=O)[C@@H]1C[C@@H](Oc2nccc3cc(OC)ccc23)CN1C(=O)[C@@H](OC(=O)NC(C)(C)C)C(C)(C)C)C(=O)NS(=O)(=O)c1c[nH]cn1. The van der Waals surface area contributed by atoms with Crippen LogP contribution in [0.3, 0.4) is 0 Å². The van der Waals surface area contributed by atoms with Crippen LogP contribution in [0, 0.1) is 11.3 Å². The number of benzene rings is 1. The van der Waals surface area contributed by atoms with E-state index in [1.165, 1.54) is 11.0 Å². The maximum atomic E-state index is 14.4. The third-order valence-corrected chi connectivity index (χ3v) is 10.0. The van der Waals surface area contributed by atoms with Crippen molar-refractivity contribution in [2.45, 2.75) is 88.7 Å². The van der Waals surface area contributed by atoms with E-state index in [1.54, 1.807) is 73.0 Å². The second-order valence-corrected chi connectivity index (χ2v) is 16.7. The average Bonchev–Trinajstić information content (AvgIpc) is 3.37. The zero-order chi connectivity index (χ0) is 38.2. The highest BCUT2D eigenvalue weighted by Crippen LogP contribution is 2.45. The Labute approximate surface area is 302 Å². The number of pyridine rings is 1. The molecule has 4 N–H and O–H groups in total. The number of carbonyl (C=O) groups excluding carboxylic acids is 4. The number of H-pyrrole nitrogens is 1. The Morgan fingerprint density at radius 3 is 2.44 bits per heavy atom. The molecule has 0 spiro atoms. The molecule has 3 aromatic rings. The molecule has 1 aromatic carbocycles. The zero-order valence-electron chi connectivity index (χ0n) is 30.2. The Morgan fingerprint density at radius 2 is 1.85 bits per heavy atom. The van der Waals surface area contributed by atoms with E-state index in [0.29, 0.717) is 11.1 Å². The second kappa shape index (κ2) is 14.1. The summed E-state index contributed by atoms with van der Waals surface area (Å²) < 4.78 is 45.1. The van der Waals surface area contributed by atoms with Gasteiger partial charge >= 0.3 is 6.09 Å². The van der Waals surface area contributed by atoms with Crippen LogP contribution in [0.25, 0.3) is 10.8 Å². The van der Waals surface area contributed by atoms with Crippen molar-refractivity contribution in [3.63, 3.8) is 0 Å². The van der Waals surface area contributed by atoms with Gasteiger partial charge in [0.15, 0.2) is 11.1 Å². The van der Waals surface area contributed by atoms with Crippen molar-refractivity contribution >= 4 is 44.6 Å². The molecule has 0 bridgehead atoms. The van der Waals surface area contributed by atoms with Gasteiger partial charge in [0.05, 0.1) is 20.0 Å². The van der Waals surface area contributed by atoms with Crippen LogP contribution in [-0.4, -0.2) is 95.1 Å². The number of nitrogens with one attached hydrogen (secondary N) is 4. The van der Waals surface area contributed by atoms with Crippen molar-refractivity contribution in [3.05, 3.63) is 55.6 Å². The highest BCUT2D eigenvalue weighted by Gasteiger charge is 2.61. The van der Waals surface area contributed by atoms with Gasteiger partial charge < -0.3 is 34.7 Å². The van der Waals surface area contributed by atoms with Crippen LogP contribution in [0.2, 0.25) is 0 Å². The summed E-state index contributed by atoms with van der Waals surface area (Å²) in [7, 11) is -2.81. The number of amides is 4. The van der Waals surface area contributed by atoms with E-state index in [0.717, 1.165) is 17.9 Å². The zero-order valence-corrected chi connectivity index (χ0v) is 31.0. The Hall–Kier alpha value is -5.19. The fourth-order valence-electron chi connectivity index (χ4n) is 6.07. The van der Waals surface area contributed by atoms with Crippen molar-refractivity contribution in [1.29, 1.82) is 0 Å². The van der Waals surface area contributed by atoms with Gasteiger partial charge in [0.25, 0.3) is 21.8 Å². The molecule has 5 atom stereocenters. The van der Waals surface area contributed by atoms with Crippen LogP contribution < -0.4 is 24.8 Å². The largest absolute Gasteiger partial charge is 0.497 e. The molecule has 16 nitrogen and oxygen atoms in total. The summed E-state index contributed by atoms with van der Waals surface area (Å²) in [5, 5.41) is 6.47. The molecule has 2 aromatic heterocycles. The first-order valence-electron chi connectivity index (χ1n) is 16.7. The van der Waals surface area contributed by atoms with E-state index in [9.17, 15) is 27.6 Å². The van der Waals surface area contributed by atoms with E-state index >= 15 is 0 Å². The highest BCUT2D eigenvalue weighted by molar-refractivity contribution is 7.90. The molecule has 2 aliphatic rings. The van der Waals surface area contributed by atoms with E-state index in [4.69, 9.17) is 14.2 Å². The Bertz CT molecular complexity index is 1970. The lowest BCUT2D eigenvalue weighted by Crippen LogP contribution is -2.58. The number of ether oxygens (including phenoxy) is 3. The van der Waals surface area contributed by atoms with Crippen molar-refractivity contribution in [3.8, 4) is 11.6 Å². The maximum Gasteiger partial charge on any atom is 0.408 e. The summed E-state index contributed by atoms with van der Waals surface area (Å²) in [4.78, 5) is 67.1. The van der Waals surface area contributed by atoms with E-state index < -0.39 is 79.5 Å². The second-order valence-electron chi connectivity index (χ2n) is 15.1. The van der Waals surface area contributed by atoms with Crippen molar-refractivity contribution in [1.82, 2.24) is 35.2 Å². The Balaban J connectivity index is 1.45. The van der Waals surface area contributed by atoms with Crippen LogP contribution in [0.1, 0.15) is 54.4 Å². The smallest absolute Gasteiger partial charge is 0.408 e.